The first-order valence-electron chi connectivity index (χ1n) is 5.99. The van der Waals surface area contributed by atoms with Gasteiger partial charge in [0.05, 0.1) is 6.04 Å². The molecule has 0 bridgehead atoms. The number of thioether (sulfide) groups is 1. The fraction of sp³-hybridized carbons (Fsp3) is 0.286. The predicted octanol–water partition coefficient (Wildman–Crippen LogP) is 3.72. The molecule has 1 atom stereocenters. The predicted molar refractivity (Wildman–Crippen MR) is 81.1 cm³/mol. The van der Waals surface area contributed by atoms with Crippen molar-refractivity contribution in [3.05, 3.63) is 51.7 Å². The van der Waals surface area contributed by atoms with Gasteiger partial charge < -0.3 is 0 Å². The van der Waals surface area contributed by atoms with Gasteiger partial charge in [-0.05, 0) is 47.4 Å². The molecule has 96 valence electrons. The summed E-state index contributed by atoms with van der Waals surface area (Å²) in [7, 11) is 0. The highest BCUT2D eigenvalue weighted by molar-refractivity contribution is 7.99. The molecule has 1 aromatic heterocycles. The van der Waals surface area contributed by atoms with Crippen molar-refractivity contribution in [2.75, 3.05) is 5.75 Å². The van der Waals surface area contributed by atoms with Crippen LogP contribution in [0.1, 0.15) is 29.0 Å². The third kappa shape index (κ3) is 2.95. The molecular formula is C14H18N2S2. The molecule has 0 amide bonds. The van der Waals surface area contributed by atoms with E-state index in [4.69, 9.17) is 5.84 Å². The van der Waals surface area contributed by atoms with Crippen molar-refractivity contribution in [2.45, 2.75) is 24.8 Å². The Labute approximate surface area is 117 Å². The molecular weight excluding hydrogens is 260 g/mol. The molecule has 2 aromatic rings. The van der Waals surface area contributed by atoms with Crippen LogP contribution in [0.3, 0.4) is 0 Å². The highest BCUT2D eigenvalue weighted by atomic mass is 32.2. The lowest BCUT2D eigenvalue weighted by Crippen LogP contribution is -2.28. The van der Waals surface area contributed by atoms with Crippen LogP contribution < -0.4 is 11.3 Å². The van der Waals surface area contributed by atoms with Crippen LogP contribution in [-0.4, -0.2) is 5.75 Å². The minimum atomic E-state index is 0.0805. The summed E-state index contributed by atoms with van der Waals surface area (Å²) in [5.41, 5.74) is 5.38. The molecule has 0 fully saturated rings. The van der Waals surface area contributed by atoms with Crippen molar-refractivity contribution >= 4 is 23.1 Å². The number of nitrogens with two attached hydrogens (primary N) is 1. The Morgan fingerprint density at radius 3 is 2.50 bits per heavy atom. The van der Waals surface area contributed by atoms with Crippen molar-refractivity contribution in [1.29, 1.82) is 0 Å². The van der Waals surface area contributed by atoms with E-state index in [9.17, 15) is 0 Å². The molecule has 0 saturated carbocycles. The van der Waals surface area contributed by atoms with Crippen molar-refractivity contribution in [3.8, 4) is 0 Å². The maximum atomic E-state index is 5.71. The topological polar surface area (TPSA) is 38.0 Å². The third-order valence-electron chi connectivity index (χ3n) is 2.90. The number of aryl methyl sites for hydroxylation is 1. The second-order valence-corrected chi connectivity index (χ2v) is 6.49. The SMILES string of the molecule is CCSc1ccc(C(NN)c2ccsc2C)cc1. The van der Waals surface area contributed by atoms with Crippen LogP contribution in [0.2, 0.25) is 0 Å². The zero-order valence-corrected chi connectivity index (χ0v) is 12.3. The van der Waals surface area contributed by atoms with Gasteiger partial charge in [0.2, 0.25) is 0 Å². The Morgan fingerprint density at radius 2 is 2.00 bits per heavy atom. The molecule has 1 unspecified atom stereocenters. The monoisotopic (exact) mass is 278 g/mol. The molecule has 1 aromatic carbocycles. The molecule has 1 heterocycles. The maximum absolute atomic E-state index is 5.71. The molecule has 2 nitrogen and oxygen atoms in total. The first kappa shape index (κ1) is 13.6. The zero-order chi connectivity index (χ0) is 13.0. The van der Waals surface area contributed by atoms with E-state index in [1.807, 2.05) is 11.8 Å². The standard InChI is InChI=1S/C14H18N2S2/c1-3-17-12-6-4-11(5-7-12)14(16-15)13-8-9-18-10(13)2/h4-9,14,16H,3,15H2,1-2H3. The molecule has 4 heteroatoms. The Kier molecular flexibility index (Phi) is 4.83. The minimum Gasteiger partial charge on any atom is -0.271 e. The van der Waals surface area contributed by atoms with Crippen LogP contribution in [0.5, 0.6) is 0 Å². The van der Waals surface area contributed by atoms with Gasteiger partial charge in [-0.1, -0.05) is 19.1 Å². The van der Waals surface area contributed by atoms with Gasteiger partial charge in [-0.2, -0.15) is 0 Å². The fourth-order valence-electron chi connectivity index (χ4n) is 1.98. The van der Waals surface area contributed by atoms with E-state index in [0.29, 0.717) is 0 Å². The summed E-state index contributed by atoms with van der Waals surface area (Å²) in [5, 5.41) is 2.11. The Balaban J connectivity index is 2.25. The quantitative estimate of drug-likeness (QED) is 0.497. The lowest BCUT2D eigenvalue weighted by Gasteiger charge is -2.17. The lowest BCUT2D eigenvalue weighted by molar-refractivity contribution is 0.636. The molecule has 2 rings (SSSR count). The second-order valence-electron chi connectivity index (χ2n) is 4.03. The van der Waals surface area contributed by atoms with Gasteiger partial charge in [-0.25, -0.2) is 5.43 Å². The van der Waals surface area contributed by atoms with Gasteiger partial charge >= 0.3 is 0 Å². The second kappa shape index (κ2) is 6.38. The number of nitrogens with one attached hydrogen (secondary N) is 1. The molecule has 0 aliphatic heterocycles. The molecule has 0 saturated heterocycles. The first-order valence-corrected chi connectivity index (χ1v) is 7.85. The summed E-state index contributed by atoms with van der Waals surface area (Å²) in [5.74, 6) is 6.81. The molecule has 0 spiro atoms. The molecule has 18 heavy (non-hydrogen) atoms. The van der Waals surface area contributed by atoms with Gasteiger partial charge in [-0.15, -0.1) is 23.1 Å². The lowest BCUT2D eigenvalue weighted by atomic mass is 10.0. The molecule has 0 aliphatic rings. The van der Waals surface area contributed by atoms with Crippen LogP contribution >= 0.6 is 23.1 Å². The highest BCUT2D eigenvalue weighted by Gasteiger charge is 2.15. The van der Waals surface area contributed by atoms with Gasteiger partial charge in [0.1, 0.15) is 0 Å². The highest BCUT2D eigenvalue weighted by Crippen LogP contribution is 2.28. The smallest absolute Gasteiger partial charge is 0.0720 e. The van der Waals surface area contributed by atoms with E-state index in [2.05, 4.69) is 55.0 Å². The maximum Gasteiger partial charge on any atom is 0.0720 e. The summed E-state index contributed by atoms with van der Waals surface area (Å²) in [6.45, 7) is 4.29. The van der Waals surface area contributed by atoms with Gasteiger partial charge in [0.25, 0.3) is 0 Å². The summed E-state index contributed by atoms with van der Waals surface area (Å²) in [4.78, 5) is 2.61. The van der Waals surface area contributed by atoms with Crippen LogP contribution in [0.15, 0.2) is 40.6 Å². The number of hydrogen-bond donors (Lipinski definition) is 2. The van der Waals surface area contributed by atoms with E-state index in [1.165, 1.54) is 20.9 Å². The van der Waals surface area contributed by atoms with Gasteiger partial charge in [-0.3, -0.25) is 5.84 Å². The number of thiophene rings is 1. The van der Waals surface area contributed by atoms with E-state index < -0.39 is 0 Å². The number of rotatable bonds is 5. The number of hydrogen-bond acceptors (Lipinski definition) is 4. The van der Waals surface area contributed by atoms with Crippen molar-refractivity contribution in [3.63, 3.8) is 0 Å². The third-order valence-corrected chi connectivity index (χ3v) is 4.66. The normalized spacial score (nSPS) is 12.6. The largest absolute Gasteiger partial charge is 0.271 e. The van der Waals surface area contributed by atoms with Crippen LogP contribution in [0.25, 0.3) is 0 Å². The van der Waals surface area contributed by atoms with E-state index >= 15 is 0 Å². The van der Waals surface area contributed by atoms with Gasteiger partial charge in [0.15, 0.2) is 0 Å². The average molecular weight is 278 g/mol. The average Bonchev–Trinajstić information content (AvgIpc) is 2.79. The van der Waals surface area contributed by atoms with Crippen molar-refractivity contribution < 1.29 is 0 Å². The summed E-state index contributed by atoms with van der Waals surface area (Å²) in [6, 6.07) is 10.8. The van der Waals surface area contributed by atoms with Crippen LogP contribution in [-0.2, 0) is 0 Å². The molecule has 0 radical (unpaired) electrons. The summed E-state index contributed by atoms with van der Waals surface area (Å²) >= 11 is 3.61. The fourth-order valence-corrected chi connectivity index (χ4v) is 3.39. The molecule has 0 aliphatic carbocycles. The van der Waals surface area contributed by atoms with Gasteiger partial charge in [0, 0.05) is 9.77 Å². The Bertz CT molecular complexity index is 491. The van der Waals surface area contributed by atoms with Crippen LogP contribution in [0, 0.1) is 6.92 Å². The number of benzene rings is 1. The zero-order valence-electron chi connectivity index (χ0n) is 10.6. The van der Waals surface area contributed by atoms with Crippen molar-refractivity contribution in [1.82, 2.24) is 5.43 Å². The number of hydrazine groups is 1. The van der Waals surface area contributed by atoms with Crippen molar-refractivity contribution in [2.24, 2.45) is 5.84 Å². The van der Waals surface area contributed by atoms with E-state index in [1.54, 1.807) is 11.3 Å². The van der Waals surface area contributed by atoms with E-state index in [-0.39, 0.29) is 6.04 Å². The Hall–Kier alpha value is -0.810. The summed E-state index contributed by atoms with van der Waals surface area (Å²) < 4.78 is 0. The minimum absolute atomic E-state index is 0.0805. The Morgan fingerprint density at radius 1 is 1.28 bits per heavy atom. The van der Waals surface area contributed by atoms with E-state index in [0.717, 1.165) is 5.75 Å². The first-order chi connectivity index (χ1) is 8.76. The molecule has 3 N–H and O–H groups in total. The summed E-state index contributed by atoms with van der Waals surface area (Å²) in [6.07, 6.45) is 0. The van der Waals surface area contributed by atoms with Crippen LogP contribution in [0.4, 0.5) is 0 Å².